The van der Waals surface area contributed by atoms with Crippen molar-refractivity contribution < 1.29 is 4.74 Å². The SMILES string of the molecule is N#CCCCOc1ccc2c(c1)c1cc(Cl)ccc1c1[nH]c(-c3c(C#N)cccc3C#N)nc21. The standard InChI is InChI=1S/C27H16ClN5O/c28-18-6-8-20-22(12-18)23-13-19(34-11-2-1-10-29)7-9-21(23)26-25(20)32-27(33-26)24-16(14-30)4-3-5-17(24)15-31/h3-9,12-13H,1-2,11H2,(H,32,33). The molecule has 0 fully saturated rings. The zero-order valence-electron chi connectivity index (χ0n) is 17.9. The van der Waals surface area contributed by atoms with Crippen LogP contribution < -0.4 is 4.74 Å². The first-order chi connectivity index (χ1) is 16.6. The van der Waals surface area contributed by atoms with Gasteiger partial charge in [0.15, 0.2) is 0 Å². The molecule has 0 aliphatic rings. The number of H-pyrrole nitrogens is 1. The number of aromatic nitrogens is 2. The lowest BCUT2D eigenvalue weighted by atomic mass is 10.00. The molecule has 0 amide bonds. The average molecular weight is 462 g/mol. The molecule has 7 heteroatoms. The molecule has 1 heterocycles. The quantitative estimate of drug-likeness (QED) is 0.234. The highest BCUT2D eigenvalue weighted by molar-refractivity contribution is 6.33. The first-order valence-corrected chi connectivity index (χ1v) is 11.0. The lowest BCUT2D eigenvalue weighted by molar-refractivity contribution is 0.313. The van der Waals surface area contributed by atoms with Gasteiger partial charge in [-0.25, -0.2) is 4.98 Å². The van der Waals surface area contributed by atoms with Crippen LogP contribution in [0.25, 0.3) is 44.0 Å². The minimum atomic E-state index is 0.378. The van der Waals surface area contributed by atoms with Crippen molar-refractivity contribution >= 4 is 44.2 Å². The number of hydrogen-bond acceptors (Lipinski definition) is 5. The molecular formula is C27H16ClN5O. The fourth-order valence-corrected chi connectivity index (χ4v) is 4.39. The Labute approximate surface area is 200 Å². The van der Waals surface area contributed by atoms with Crippen molar-refractivity contribution in [2.24, 2.45) is 0 Å². The van der Waals surface area contributed by atoms with E-state index in [9.17, 15) is 10.5 Å². The van der Waals surface area contributed by atoms with Gasteiger partial charge in [-0.15, -0.1) is 0 Å². The second kappa shape index (κ2) is 8.75. The minimum Gasteiger partial charge on any atom is -0.494 e. The molecule has 1 N–H and O–H groups in total. The normalized spacial score (nSPS) is 10.8. The second-order valence-corrected chi connectivity index (χ2v) is 8.20. The molecule has 5 aromatic rings. The van der Waals surface area contributed by atoms with Crippen LogP contribution in [0, 0.1) is 34.0 Å². The number of rotatable bonds is 5. The number of nitriles is 3. The molecule has 0 atom stereocenters. The van der Waals surface area contributed by atoms with Gasteiger partial charge in [0.25, 0.3) is 0 Å². The summed E-state index contributed by atoms with van der Waals surface area (Å²) in [7, 11) is 0. The Bertz CT molecular complexity index is 1680. The zero-order valence-corrected chi connectivity index (χ0v) is 18.6. The molecule has 0 unspecified atom stereocenters. The van der Waals surface area contributed by atoms with E-state index >= 15 is 0 Å². The Balaban J connectivity index is 1.78. The first-order valence-electron chi connectivity index (χ1n) is 10.6. The van der Waals surface area contributed by atoms with E-state index in [1.807, 2.05) is 36.4 Å². The summed E-state index contributed by atoms with van der Waals surface area (Å²) in [5.41, 5.74) is 2.77. The third-order valence-electron chi connectivity index (χ3n) is 5.73. The summed E-state index contributed by atoms with van der Waals surface area (Å²) in [5, 5.41) is 32.3. The summed E-state index contributed by atoms with van der Waals surface area (Å²) < 4.78 is 5.86. The van der Waals surface area contributed by atoms with E-state index in [1.54, 1.807) is 18.2 Å². The Morgan fingerprint density at radius 3 is 2.35 bits per heavy atom. The molecular weight excluding hydrogens is 446 g/mol. The highest BCUT2D eigenvalue weighted by atomic mass is 35.5. The number of ether oxygens (including phenoxy) is 1. The average Bonchev–Trinajstić information content (AvgIpc) is 3.31. The number of unbranched alkanes of at least 4 members (excludes halogenated alkanes) is 1. The number of halogens is 1. The van der Waals surface area contributed by atoms with Crippen LogP contribution in [-0.2, 0) is 0 Å². The molecule has 6 nitrogen and oxygen atoms in total. The summed E-state index contributed by atoms with van der Waals surface area (Å²) in [4.78, 5) is 8.21. The number of fused-ring (bicyclic) bond motifs is 6. The van der Waals surface area contributed by atoms with Crippen LogP contribution in [0.4, 0.5) is 0 Å². The lowest BCUT2D eigenvalue weighted by Gasteiger charge is -2.10. The van der Waals surface area contributed by atoms with E-state index in [4.69, 9.17) is 26.6 Å². The van der Waals surface area contributed by atoms with Crippen LogP contribution >= 0.6 is 11.6 Å². The predicted octanol–water partition coefficient (Wildman–Crippen LogP) is 6.62. The minimum absolute atomic E-state index is 0.378. The maximum absolute atomic E-state index is 9.64. The van der Waals surface area contributed by atoms with Gasteiger partial charge in [-0.2, -0.15) is 15.8 Å². The summed E-state index contributed by atoms with van der Waals surface area (Å²) in [6, 6.07) is 22.9. The van der Waals surface area contributed by atoms with Gasteiger partial charge in [0.05, 0.1) is 52.5 Å². The van der Waals surface area contributed by atoms with Crippen LogP contribution in [0.5, 0.6) is 5.75 Å². The van der Waals surface area contributed by atoms with Crippen molar-refractivity contribution in [1.82, 2.24) is 9.97 Å². The first kappa shape index (κ1) is 21.3. The molecule has 0 saturated carbocycles. The summed E-state index contributed by atoms with van der Waals surface area (Å²) >= 11 is 6.35. The fourth-order valence-electron chi connectivity index (χ4n) is 4.22. The molecule has 34 heavy (non-hydrogen) atoms. The van der Waals surface area contributed by atoms with Crippen LogP contribution in [0.3, 0.4) is 0 Å². The summed E-state index contributed by atoms with van der Waals surface area (Å²) in [5.74, 6) is 1.16. The number of benzene rings is 4. The van der Waals surface area contributed by atoms with Crippen molar-refractivity contribution in [1.29, 1.82) is 15.8 Å². The fraction of sp³-hybridized carbons (Fsp3) is 0.111. The Morgan fingerprint density at radius 2 is 1.62 bits per heavy atom. The zero-order chi connectivity index (χ0) is 23.7. The molecule has 1 aromatic heterocycles. The van der Waals surface area contributed by atoms with Crippen molar-refractivity contribution in [2.45, 2.75) is 12.8 Å². The molecule has 162 valence electrons. The summed E-state index contributed by atoms with van der Waals surface area (Å²) in [6.07, 6.45) is 1.10. The number of nitrogens with one attached hydrogen (secondary N) is 1. The topological polar surface area (TPSA) is 109 Å². The number of imidazole rings is 1. The molecule has 0 spiro atoms. The van der Waals surface area contributed by atoms with Crippen LogP contribution in [0.15, 0.2) is 54.6 Å². The van der Waals surface area contributed by atoms with Gasteiger partial charge in [-0.05, 0) is 59.7 Å². The Morgan fingerprint density at radius 1 is 0.882 bits per heavy atom. The van der Waals surface area contributed by atoms with Gasteiger partial charge in [0.2, 0.25) is 0 Å². The van der Waals surface area contributed by atoms with E-state index in [2.05, 4.69) is 23.2 Å². The lowest BCUT2D eigenvalue weighted by Crippen LogP contribution is -1.96. The van der Waals surface area contributed by atoms with Gasteiger partial charge in [0, 0.05) is 22.2 Å². The van der Waals surface area contributed by atoms with Crippen molar-refractivity contribution in [2.75, 3.05) is 6.61 Å². The van der Waals surface area contributed by atoms with Crippen LogP contribution in [-0.4, -0.2) is 16.6 Å². The van der Waals surface area contributed by atoms with Crippen LogP contribution in [0.2, 0.25) is 5.02 Å². The van der Waals surface area contributed by atoms with Gasteiger partial charge in [0.1, 0.15) is 11.6 Å². The molecule has 4 aromatic carbocycles. The Hall–Kier alpha value is -4.57. The monoisotopic (exact) mass is 461 g/mol. The molecule has 0 aliphatic carbocycles. The molecule has 5 rings (SSSR count). The molecule has 0 aliphatic heterocycles. The summed E-state index contributed by atoms with van der Waals surface area (Å²) in [6.45, 7) is 0.453. The smallest absolute Gasteiger partial charge is 0.141 e. The van der Waals surface area contributed by atoms with E-state index in [1.165, 1.54) is 0 Å². The van der Waals surface area contributed by atoms with E-state index in [0.717, 1.165) is 32.6 Å². The predicted molar refractivity (Wildman–Crippen MR) is 131 cm³/mol. The van der Waals surface area contributed by atoms with Gasteiger partial charge in [-0.1, -0.05) is 23.7 Å². The highest BCUT2D eigenvalue weighted by Gasteiger charge is 2.18. The van der Waals surface area contributed by atoms with Gasteiger partial charge < -0.3 is 9.72 Å². The maximum Gasteiger partial charge on any atom is 0.141 e. The molecule has 0 saturated heterocycles. The second-order valence-electron chi connectivity index (χ2n) is 7.77. The number of hydrogen-bond donors (Lipinski definition) is 1. The third-order valence-corrected chi connectivity index (χ3v) is 5.97. The van der Waals surface area contributed by atoms with E-state index < -0.39 is 0 Å². The van der Waals surface area contributed by atoms with Gasteiger partial charge in [-0.3, -0.25) is 0 Å². The number of aromatic amines is 1. The molecule has 0 bridgehead atoms. The number of nitrogens with zero attached hydrogens (tertiary/aromatic N) is 4. The third kappa shape index (κ3) is 3.55. The largest absolute Gasteiger partial charge is 0.494 e. The Kier molecular flexibility index (Phi) is 5.48. The highest BCUT2D eigenvalue weighted by Crippen LogP contribution is 2.38. The van der Waals surface area contributed by atoms with E-state index in [-0.39, 0.29) is 0 Å². The van der Waals surface area contributed by atoms with Crippen molar-refractivity contribution in [3.05, 3.63) is 70.7 Å². The van der Waals surface area contributed by atoms with Crippen molar-refractivity contribution in [3.8, 4) is 35.3 Å². The van der Waals surface area contributed by atoms with Gasteiger partial charge >= 0.3 is 0 Å². The van der Waals surface area contributed by atoms with Crippen LogP contribution in [0.1, 0.15) is 24.0 Å². The molecule has 0 radical (unpaired) electrons. The van der Waals surface area contributed by atoms with Crippen molar-refractivity contribution in [3.63, 3.8) is 0 Å². The van der Waals surface area contributed by atoms with E-state index in [0.29, 0.717) is 52.7 Å². The maximum atomic E-state index is 9.64.